The minimum absolute atomic E-state index is 0.309. The van der Waals surface area contributed by atoms with Gasteiger partial charge in [0.05, 0.1) is 11.6 Å². The van der Waals surface area contributed by atoms with Gasteiger partial charge in [-0.1, -0.05) is 48.7 Å². The number of hydrogen-bond acceptors (Lipinski definition) is 6. The monoisotopic (exact) mass is 667 g/mol. The molecule has 0 spiro atoms. The largest absolute Gasteiger partial charge is 0.508 e. The van der Waals surface area contributed by atoms with Gasteiger partial charge >= 0.3 is 12.4 Å². The average Bonchev–Trinajstić information content (AvgIpc) is 3.34. The molecule has 0 aliphatic carbocycles. The summed E-state index contributed by atoms with van der Waals surface area (Å²) in [5.41, 5.74) is 0.0357. The van der Waals surface area contributed by atoms with Crippen LogP contribution in [0, 0.1) is 6.92 Å². The first-order valence-electron chi connectivity index (χ1n) is 13.9. The third-order valence-corrected chi connectivity index (χ3v) is 7.46. The van der Waals surface area contributed by atoms with E-state index in [0.717, 1.165) is 52.2 Å². The molecule has 13 heteroatoms. The smallest absolute Gasteiger partial charge is 0.433 e. The molecule has 6 nitrogen and oxygen atoms in total. The molecule has 1 atom stereocenters. The number of allylic oxidation sites excluding steroid dienone is 2. The standard InChI is InChI=1S/C20H19F6N3O.C7H8O.C6H8OS/c1-18(2,13-5-8-16(27-11-13)20(24,25)26)28-15-9-10-29(17(15)30)14-6-3-12(4-7-14)19(21,22)23;1-6-3-2-4-7(8)5-6;1-3-6(4-2)8-5-7/h3-8,11,15,28H,9-10H2,1-2H3;2-5,8H,1H3;3-5H,1H2,2H3/b;;6-4+. The Morgan fingerprint density at radius 1 is 1.02 bits per heavy atom. The number of phenolic OH excluding ortho intramolecular Hbond substituents is 1. The summed E-state index contributed by atoms with van der Waals surface area (Å²) in [5.74, 6) is 0.0210. The van der Waals surface area contributed by atoms with E-state index in [1.54, 1.807) is 32.1 Å². The van der Waals surface area contributed by atoms with E-state index in [0.29, 0.717) is 30.0 Å². The summed E-state index contributed by atoms with van der Waals surface area (Å²) >= 11 is 1.14. The zero-order valence-corrected chi connectivity index (χ0v) is 26.4. The van der Waals surface area contributed by atoms with Crippen LogP contribution >= 0.6 is 11.8 Å². The number of phenols is 1. The summed E-state index contributed by atoms with van der Waals surface area (Å²) in [5, 5.41) is 11.9. The molecule has 1 amide bonds. The van der Waals surface area contributed by atoms with Gasteiger partial charge in [-0.3, -0.25) is 19.9 Å². The number of thioether (sulfide) groups is 1. The molecule has 0 radical (unpaired) electrons. The number of nitrogens with zero attached hydrogens (tertiary/aromatic N) is 2. The fraction of sp³-hybridized carbons (Fsp3) is 0.303. The number of anilines is 1. The zero-order valence-electron chi connectivity index (χ0n) is 25.6. The van der Waals surface area contributed by atoms with E-state index in [2.05, 4.69) is 16.9 Å². The van der Waals surface area contributed by atoms with Gasteiger partial charge in [-0.15, -0.1) is 0 Å². The highest BCUT2D eigenvalue weighted by molar-refractivity contribution is 8.15. The van der Waals surface area contributed by atoms with Crippen molar-refractivity contribution in [1.82, 2.24) is 10.3 Å². The summed E-state index contributed by atoms with van der Waals surface area (Å²) in [4.78, 5) is 28.3. The maximum Gasteiger partial charge on any atom is 0.433 e. The van der Waals surface area contributed by atoms with Gasteiger partial charge in [0.25, 0.3) is 0 Å². The van der Waals surface area contributed by atoms with Gasteiger partial charge in [-0.25, -0.2) is 0 Å². The van der Waals surface area contributed by atoms with Crippen LogP contribution in [0.15, 0.2) is 90.5 Å². The Labute approximate surface area is 268 Å². The molecule has 1 unspecified atom stereocenters. The van der Waals surface area contributed by atoms with E-state index < -0.39 is 35.2 Å². The molecule has 248 valence electrons. The number of alkyl halides is 6. The number of nitrogens with one attached hydrogen (secondary N) is 1. The second-order valence-corrected chi connectivity index (χ2v) is 11.4. The predicted molar refractivity (Wildman–Crippen MR) is 169 cm³/mol. The Morgan fingerprint density at radius 3 is 2.07 bits per heavy atom. The number of pyridine rings is 1. The Balaban J connectivity index is 0.000000375. The van der Waals surface area contributed by atoms with E-state index in [-0.39, 0.29) is 5.91 Å². The highest BCUT2D eigenvalue weighted by atomic mass is 32.2. The molecule has 46 heavy (non-hydrogen) atoms. The van der Waals surface area contributed by atoms with Gasteiger partial charge < -0.3 is 10.0 Å². The molecule has 1 saturated heterocycles. The SMILES string of the molecule is C=C/C(=C\C)SC=O.CC(C)(NC1CCN(c2ccc(C(F)(F)F)cc2)C1=O)c1ccc(C(F)(F)F)nc1.Cc1cccc(O)c1. The molecule has 2 aromatic carbocycles. The molecule has 4 rings (SSSR count). The van der Waals surface area contributed by atoms with Crippen molar-refractivity contribution in [1.29, 1.82) is 0 Å². The second-order valence-electron chi connectivity index (χ2n) is 10.5. The van der Waals surface area contributed by atoms with Gasteiger partial charge in [-0.2, -0.15) is 26.3 Å². The lowest BCUT2D eigenvalue weighted by molar-refractivity contribution is -0.141. The molecular weight excluding hydrogens is 632 g/mol. The minimum atomic E-state index is -4.54. The molecule has 1 fully saturated rings. The first-order valence-corrected chi connectivity index (χ1v) is 14.8. The van der Waals surface area contributed by atoms with Crippen molar-refractivity contribution in [2.24, 2.45) is 0 Å². The summed E-state index contributed by atoms with van der Waals surface area (Å²) < 4.78 is 76.2. The summed E-state index contributed by atoms with van der Waals surface area (Å²) in [7, 11) is 0. The van der Waals surface area contributed by atoms with E-state index in [9.17, 15) is 35.9 Å². The normalized spacial score (nSPS) is 15.3. The highest BCUT2D eigenvalue weighted by Crippen LogP contribution is 2.33. The van der Waals surface area contributed by atoms with Crippen molar-refractivity contribution in [2.75, 3.05) is 11.4 Å². The van der Waals surface area contributed by atoms with Crippen LogP contribution in [0.1, 0.15) is 49.6 Å². The lowest BCUT2D eigenvalue weighted by Gasteiger charge is -2.30. The topological polar surface area (TPSA) is 82.5 Å². The first-order chi connectivity index (χ1) is 21.4. The van der Waals surface area contributed by atoms with E-state index in [1.807, 2.05) is 32.1 Å². The number of benzene rings is 2. The molecule has 1 aliphatic heterocycles. The number of aromatic nitrogens is 1. The lowest BCUT2D eigenvalue weighted by Crippen LogP contribution is -2.47. The van der Waals surface area contributed by atoms with Crippen molar-refractivity contribution in [3.63, 3.8) is 0 Å². The van der Waals surface area contributed by atoms with Crippen LogP contribution in [0.25, 0.3) is 0 Å². The maximum atomic E-state index is 12.8. The third-order valence-electron chi connectivity index (χ3n) is 6.69. The van der Waals surface area contributed by atoms with Crippen LogP contribution in [-0.4, -0.2) is 34.2 Å². The predicted octanol–water partition coefficient (Wildman–Crippen LogP) is 8.45. The van der Waals surface area contributed by atoms with Crippen LogP contribution < -0.4 is 10.2 Å². The van der Waals surface area contributed by atoms with Crippen LogP contribution in [0.5, 0.6) is 5.75 Å². The number of amides is 1. The van der Waals surface area contributed by atoms with E-state index >= 15 is 0 Å². The van der Waals surface area contributed by atoms with Gasteiger partial charge in [0.2, 0.25) is 5.91 Å². The number of aryl methyl sites for hydroxylation is 1. The molecule has 1 aliphatic rings. The number of rotatable bonds is 7. The van der Waals surface area contributed by atoms with Crippen LogP contribution in [0.3, 0.4) is 0 Å². The number of carbonyl (C=O) groups excluding carboxylic acids is 2. The fourth-order valence-electron chi connectivity index (χ4n) is 4.27. The molecule has 2 heterocycles. The minimum Gasteiger partial charge on any atom is -0.508 e. The van der Waals surface area contributed by atoms with E-state index in [4.69, 9.17) is 5.11 Å². The van der Waals surface area contributed by atoms with Crippen molar-refractivity contribution in [3.8, 4) is 5.75 Å². The molecule has 0 saturated carbocycles. The first kappa shape index (κ1) is 38.1. The lowest BCUT2D eigenvalue weighted by atomic mass is 9.94. The third kappa shape index (κ3) is 11.4. The van der Waals surface area contributed by atoms with Crippen LogP contribution in [0.4, 0.5) is 32.0 Å². The van der Waals surface area contributed by atoms with Crippen LogP contribution in [0.2, 0.25) is 0 Å². The Bertz CT molecular complexity index is 1470. The molecule has 0 bridgehead atoms. The summed E-state index contributed by atoms with van der Waals surface area (Å²) in [6, 6.07) is 13.0. The van der Waals surface area contributed by atoms with E-state index in [1.165, 1.54) is 23.1 Å². The second kappa shape index (κ2) is 16.5. The number of halogens is 6. The number of hydrogen-bond donors (Lipinski definition) is 2. The molecule has 3 aromatic rings. The summed E-state index contributed by atoms with van der Waals surface area (Å²) in [6.45, 7) is 11.1. The van der Waals surface area contributed by atoms with Crippen molar-refractivity contribution < 1.29 is 41.0 Å². The Kier molecular flexibility index (Phi) is 13.6. The van der Waals surface area contributed by atoms with Crippen molar-refractivity contribution >= 4 is 29.0 Å². The van der Waals surface area contributed by atoms with Gasteiger partial charge in [0.15, 0.2) is 5.62 Å². The maximum absolute atomic E-state index is 12.8. The molecular formula is C33H35F6N3O3S. The molecule has 2 N–H and O–H groups in total. The molecule has 1 aromatic heterocycles. The van der Waals surface area contributed by atoms with Gasteiger partial charge in [0.1, 0.15) is 11.4 Å². The van der Waals surface area contributed by atoms with Gasteiger partial charge in [0, 0.05) is 28.9 Å². The quantitative estimate of drug-likeness (QED) is 0.150. The Morgan fingerprint density at radius 2 is 1.65 bits per heavy atom. The van der Waals surface area contributed by atoms with Crippen molar-refractivity contribution in [3.05, 3.63) is 113 Å². The fourth-order valence-corrected chi connectivity index (χ4v) is 4.61. The number of carbonyl (C=O) groups is 2. The van der Waals surface area contributed by atoms with Crippen LogP contribution in [-0.2, 0) is 27.5 Å². The number of aromatic hydroxyl groups is 1. The Hall–Kier alpha value is -4.10. The highest BCUT2D eigenvalue weighted by Gasteiger charge is 2.38. The zero-order chi connectivity index (χ0) is 34.7. The summed E-state index contributed by atoms with van der Waals surface area (Å²) in [6.07, 6.45) is -4.00. The van der Waals surface area contributed by atoms with Gasteiger partial charge in [-0.05, 0) is 87.7 Å². The van der Waals surface area contributed by atoms with Crippen molar-refractivity contribution in [2.45, 2.75) is 58.0 Å². The average molecular weight is 668 g/mol.